The van der Waals surface area contributed by atoms with Gasteiger partial charge in [0.2, 0.25) is 5.91 Å². The van der Waals surface area contributed by atoms with Crippen LogP contribution in [0.15, 0.2) is 42.5 Å². The fourth-order valence-electron chi connectivity index (χ4n) is 2.45. The minimum Gasteiger partial charge on any atom is -0.493 e. The van der Waals surface area contributed by atoms with Crippen LogP contribution in [-0.4, -0.2) is 19.6 Å². The smallest absolute Gasteiger partial charge is 0.224 e. The molecule has 4 heteroatoms. The molecule has 0 spiro atoms. The number of aryl methyl sites for hydroxylation is 2. The van der Waals surface area contributed by atoms with E-state index in [0.29, 0.717) is 25.2 Å². The van der Waals surface area contributed by atoms with E-state index in [1.54, 1.807) is 7.11 Å². The van der Waals surface area contributed by atoms with Gasteiger partial charge in [0.15, 0.2) is 11.5 Å². The summed E-state index contributed by atoms with van der Waals surface area (Å²) in [6.45, 7) is 4.64. The van der Waals surface area contributed by atoms with Crippen molar-refractivity contribution in [3.05, 3.63) is 53.6 Å². The molecule has 1 N–H and O–H groups in total. The molecule has 0 aliphatic rings. The summed E-state index contributed by atoms with van der Waals surface area (Å²) in [6, 6.07) is 13.7. The van der Waals surface area contributed by atoms with Crippen LogP contribution in [0.2, 0.25) is 0 Å². The molecule has 0 atom stereocenters. The molecular formula is C20H25NO3. The van der Waals surface area contributed by atoms with Gasteiger partial charge in [0.1, 0.15) is 0 Å². The van der Waals surface area contributed by atoms with Gasteiger partial charge in [-0.25, -0.2) is 0 Å². The van der Waals surface area contributed by atoms with E-state index < -0.39 is 0 Å². The van der Waals surface area contributed by atoms with Crippen LogP contribution in [0.4, 0.5) is 5.69 Å². The minimum atomic E-state index is 0.00657. The summed E-state index contributed by atoms with van der Waals surface area (Å²) >= 11 is 0. The van der Waals surface area contributed by atoms with Crippen LogP contribution in [0.1, 0.15) is 31.4 Å². The number of hydrogen-bond donors (Lipinski definition) is 1. The Balaban J connectivity index is 1.90. The van der Waals surface area contributed by atoms with E-state index in [4.69, 9.17) is 9.47 Å². The predicted octanol–water partition coefficient (Wildman–Crippen LogP) is 4.23. The van der Waals surface area contributed by atoms with Gasteiger partial charge in [-0.1, -0.05) is 25.1 Å². The second-order valence-corrected chi connectivity index (χ2v) is 5.52. The Labute approximate surface area is 143 Å². The highest BCUT2D eigenvalue weighted by Crippen LogP contribution is 2.28. The van der Waals surface area contributed by atoms with Crippen LogP contribution in [0.3, 0.4) is 0 Å². The zero-order valence-corrected chi connectivity index (χ0v) is 14.6. The summed E-state index contributed by atoms with van der Waals surface area (Å²) in [4.78, 5) is 12.1. The quantitative estimate of drug-likeness (QED) is 0.789. The number of carbonyl (C=O) groups excluding carboxylic acids is 1. The van der Waals surface area contributed by atoms with Crippen molar-refractivity contribution >= 4 is 11.6 Å². The lowest BCUT2D eigenvalue weighted by Gasteiger charge is -2.11. The first-order chi connectivity index (χ1) is 11.7. The molecule has 1 amide bonds. The molecule has 0 aromatic heterocycles. The van der Waals surface area contributed by atoms with E-state index in [0.717, 1.165) is 23.4 Å². The zero-order valence-electron chi connectivity index (χ0n) is 14.6. The Morgan fingerprint density at radius 1 is 1.00 bits per heavy atom. The highest BCUT2D eigenvalue weighted by molar-refractivity contribution is 5.90. The first-order valence-electron chi connectivity index (χ1n) is 8.34. The number of nitrogens with one attached hydrogen (secondary N) is 1. The molecular weight excluding hydrogens is 302 g/mol. The Morgan fingerprint density at radius 3 is 2.33 bits per heavy atom. The van der Waals surface area contributed by atoms with Crippen LogP contribution in [0, 0.1) is 0 Å². The topological polar surface area (TPSA) is 47.6 Å². The summed E-state index contributed by atoms with van der Waals surface area (Å²) in [5.41, 5.74) is 3.14. The summed E-state index contributed by atoms with van der Waals surface area (Å²) in [5, 5.41) is 2.93. The Kier molecular flexibility index (Phi) is 6.67. The van der Waals surface area contributed by atoms with Gasteiger partial charge in [0.25, 0.3) is 0 Å². The standard InChI is InChI=1S/C20H25NO3/c1-4-15-6-10-17(11-7-15)21-20(22)13-9-16-8-12-18(24-5-2)19(14-16)23-3/h6-8,10-12,14H,4-5,9,13H2,1-3H3,(H,21,22). The van der Waals surface area contributed by atoms with Crippen LogP contribution in [-0.2, 0) is 17.6 Å². The van der Waals surface area contributed by atoms with Crippen LogP contribution >= 0.6 is 0 Å². The molecule has 24 heavy (non-hydrogen) atoms. The number of benzene rings is 2. The van der Waals surface area contributed by atoms with Crippen LogP contribution < -0.4 is 14.8 Å². The average molecular weight is 327 g/mol. The molecule has 0 saturated carbocycles. The second kappa shape index (κ2) is 8.96. The first kappa shape index (κ1) is 17.9. The maximum absolute atomic E-state index is 12.1. The fraction of sp³-hybridized carbons (Fsp3) is 0.350. The first-order valence-corrected chi connectivity index (χ1v) is 8.34. The van der Waals surface area contributed by atoms with Gasteiger partial charge in [-0.3, -0.25) is 4.79 Å². The predicted molar refractivity (Wildman–Crippen MR) is 96.9 cm³/mol. The molecule has 2 aromatic carbocycles. The van der Waals surface area contributed by atoms with Crippen molar-refractivity contribution in [3.8, 4) is 11.5 Å². The summed E-state index contributed by atoms with van der Waals surface area (Å²) in [7, 11) is 1.62. The Hall–Kier alpha value is -2.49. The SMILES string of the molecule is CCOc1ccc(CCC(=O)Nc2ccc(CC)cc2)cc1OC. The summed E-state index contributed by atoms with van der Waals surface area (Å²) in [5.74, 6) is 1.43. The summed E-state index contributed by atoms with van der Waals surface area (Å²) in [6.07, 6.45) is 2.07. The lowest BCUT2D eigenvalue weighted by atomic mass is 10.1. The van der Waals surface area contributed by atoms with E-state index in [1.807, 2.05) is 49.4 Å². The molecule has 128 valence electrons. The number of amides is 1. The highest BCUT2D eigenvalue weighted by atomic mass is 16.5. The van der Waals surface area contributed by atoms with Crippen molar-refractivity contribution in [2.24, 2.45) is 0 Å². The van der Waals surface area contributed by atoms with Gasteiger partial charge in [-0.15, -0.1) is 0 Å². The summed E-state index contributed by atoms with van der Waals surface area (Å²) < 4.78 is 10.8. The Bertz CT molecular complexity index is 665. The van der Waals surface area contributed by atoms with E-state index in [-0.39, 0.29) is 5.91 Å². The van der Waals surface area contributed by atoms with Gasteiger partial charge in [0, 0.05) is 12.1 Å². The van der Waals surface area contributed by atoms with Gasteiger partial charge < -0.3 is 14.8 Å². The number of carbonyl (C=O) groups is 1. The maximum atomic E-state index is 12.1. The van der Waals surface area contributed by atoms with Crippen molar-refractivity contribution in [1.82, 2.24) is 0 Å². The molecule has 2 rings (SSSR count). The van der Waals surface area contributed by atoms with Gasteiger partial charge in [-0.05, 0) is 55.2 Å². The molecule has 0 saturated heterocycles. The largest absolute Gasteiger partial charge is 0.493 e. The van der Waals surface area contributed by atoms with Gasteiger partial charge in [0.05, 0.1) is 13.7 Å². The van der Waals surface area contributed by atoms with Crippen molar-refractivity contribution < 1.29 is 14.3 Å². The average Bonchev–Trinajstić information content (AvgIpc) is 2.61. The molecule has 0 aliphatic carbocycles. The number of anilines is 1. The van der Waals surface area contributed by atoms with E-state index in [1.165, 1.54) is 5.56 Å². The van der Waals surface area contributed by atoms with Crippen molar-refractivity contribution in [1.29, 1.82) is 0 Å². The third-order valence-corrected chi connectivity index (χ3v) is 3.81. The van der Waals surface area contributed by atoms with Crippen molar-refractivity contribution in [2.75, 3.05) is 19.0 Å². The molecule has 2 aromatic rings. The fourth-order valence-corrected chi connectivity index (χ4v) is 2.45. The molecule has 0 unspecified atom stereocenters. The Morgan fingerprint density at radius 2 is 1.71 bits per heavy atom. The van der Waals surface area contributed by atoms with Gasteiger partial charge in [-0.2, -0.15) is 0 Å². The zero-order chi connectivity index (χ0) is 17.4. The molecule has 0 aliphatic heterocycles. The molecule has 4 nitrogen and oxygen atoms in total. The molecule has 0 bridgehead atoms. The van der Waals surface area contributed by atoms with E-state index in [2.05, 4.69) is 12.2 Å². The van der Waals surface area contributed by atoms with Gasteiger partial charge >= 0.3 is 0 Å². The van der Waals surface area contributed by atoms with Crippen molar-refractivity contribution in [3.63, 3.8) is 0 Å². The van der Waals surface area contributed by atoms with Crippen LogP contribution in [0.25, 0.3) is 0 Å². The number of methoxy groups -OCH3 is 1. The third-order valence-electron chi connectivity index (χ3n) is 3.81. The number of ether oxygens (including phenoxy) is 2. The number of hydrogen-bond acceptors (Lipinski definition) is 3. The lowest BCUT2D eigenvalue weighted by Crippen LogP contribution is -2.12. The second-order valence-electron chi connectivity index (χ2n) is 5.52. The minimum absolute atomic E-state index is 0.00657. The normalized spacial score (nSPS) is 10.3. The maximum Gasteiger partial charge on any atom is 0.224 e. The van der Waals surface area contributed by atoms with E-state index in [9.17, 15) is 4.79 Å². The molecule has 0 heterocycles. The molecule has 0 radical (unpaired) electrons. The lowest BCUT2D eigenvalue weighted by molar-refractivity contribution is -0.116. The third kappa shape index (κ3) is 5.01. The van der Waals surface area contributed by atoms with Crippen LogP contribution in [0.5, 0.6) is 11.5 Å². The van der Waals surface area contributed by atoms with Crippen molar-refractivity contribution in [2.45, 2.75) is 33.1 Å². The monoisotopic (exact) mass is 327 g/mol. The number of rotatable bonds is 8. The van der Waals surface area contributed by atoms with E-state index >= 15 is 0 Å². The molecule has 0 fully saturated rings. The highest BCUT2D eigenvalue weighted by Gasteiger charge is 2.08.